The van der Waals surface area contributed by atoms with Gasteiger partial charge in [0.05, 0.1) is 0 Å². The summed E-state index contributed by atoms with van der Waals surface area (Å²) in [6, 6.07) is 0. The minimum Gasteiger partial charge on any atom is -0.381 e. The summed E-state index contributed by atoms with van der Waals surface area (Å²) in [5.41, 5.74) is 0. The van der Waals surface area contributed by atoms with Crippen molar-refractivity contribution in [2.75, 3.05) is 13.2 Å². The molecule has 1 heteroatoms. The van der Waals surface area contributed by atoms with Crippen molar-refractivity contribution in [2.24, 2.45) is 17.8 Å². The van der Waals surface area contributed by atoms with Crippen LogP contribution in [0.25, 0.3) is 0 Å². The Morgan fingerprint density at radius 2 is 1.38 bits per heavy atom. The van der Waals surface area contributed by atoms with E-state index in [9.17, 15) is 0 Å². The van der Waals surface area contributed by atoms with Crippen molar-refractivity contribution in [1.82, 2.24) is 0 Å². The Balaban J connectivity index is 0.000000671. The van der Waals surface area contributed by atoms with Gasteiger partial charge in [0.1, 0.15) is 0 Å². The van der Waals surface area contributed by atoms with Gasteiger partial charge in [-0.2, -0.15) is 0 Å². The van der Waals surface area contributed by atoms with Crippen molar-refractivity contribution < 1.29 is 4.74 Å². The molecule has 1 rings (SSSR count). The second kappa shape index (κ2) is 7.37. The third-order valence-electron chi connectivity index (χ3n) is 3.20. The zero-order valence-corrected chi connectivity index (χ0v) is 9.97. The van der Waals surface area contributed by atoms with E-state index in [4.69, 9.17) is 4.74 Å². The maximum Gasteiger partial charge on any atom is 0.0496 e. The van der Waals surface area contributed by atoms with Crippen molar-refractivity contribution in [3.05, 3.63) is 0 Å². The van der Waals surface area contributed by atoms with Gasteiger partial charge in [0.25, 0.3) is 0 Å². The van der Waals surface area contributed by atoms with Crippen LogP contribution in [0, 0.1) is 17.8 Å². The van der Waals surface area contributed by atoms with Crippen LogP contribution in [0.3, 0.4) is 0 Å². The van der Waals surface area contributed by atoms with E-state index >= 15 is 0 Å². The SMILES string of the molecule is CC.CCC1COCC(CC)C1C. The molecule has 1 nitrogen and oxygen atoms in total. The average Bonchev–Trinajstić information content (AvgIpc) is 2.21. The molecule has 1 heterocycles. The Morgan fingerprint density at radius 3 is 1.69 bits per heavy atom. The van der Waals surface area contributed by atoms with Gasteiger partial charge in [0.15, 0.2) is 0 Å². The van der Waals surface area contributed by atoms with E-state index in [0.717, 1.165) is 31.0 Å². The Morgan fingerprint density at radius 1 is 1.00 bits per heavy atom. The van der Waals surface area contributed by atoms with Gasteiger partial charge in [-0.1, -0.05) is 47.5 Å². The lowest BCUT2D eigenvalue weighted by molar-refractivity contribution is -0.0250. The summed E-state index contributed by atoms with van der Waals surface area (Å²) >= 11 is 0. The van der Waals surface area contributed by atoms with E-state index in [1.54, 1.807) is 0 Å². The molecule has 13 heavy (non-hydrogen) atoms. The molecule has 0 N–H and O–H groups in total. The van der Waals surface area contributed by atoms with Gasteiger partial charge < -0.3 is 4.74 Å². The van der Waals surface area contributed by atoms with E-state index in [2.05, 4.69) is 20.8 Å². The fraction of sp³-hybridized carbons (Fsp3) is 1.00. The van der Waals surface area contributed by atoms with Crippen molar-refractivity contribution in [3.63, 3.8) is 0 Å². The maximum absolute atomic E-state index is 5.55. The van der Waals surface area contributed by atoms with Crippen molar-refractivity contribution in [1.29, 1.82) is 0 Å². The lowest BCUT2D eigenvalue weighted by atomic mass is 9.79. The summed E-state index contributed by atoms with van der Waals surface area (Å²) in [5, 5.41) is 0. The van der Waals surface area contributed by atoms with Crippen LogP contribution in [0.5, 0.6) is 0 Å². The Bertz CT molecular complexity index is 99.7. The second-order valence-electron chi connectivity index (χ2n) is 3.73. The van der Waals surface area contributed by atoms with Gasteiger partial charge in [-0.3, -0.25) is 0 Å². The molecule has 0 aromatic rings. The second-order valence-corrected chi connectivity index (χ2v) is 3.73. The monoisotopic (exact) mass is 186 g/mol. The largest absolute Gasteiger partial charge is 0.381 e. The number of rotatable bonds is 2. The zero-order chi connectivity index (χ0) is 10.3. The Kier molecular flexibility index (Phi) is 7.35. The number of hydrogen-bond acceptors (Lipinski definition) is 1. The Hall–Kier alpha value is -0.0400. The van der Waals surface area contributed by atoms with E-state index in [0.29, 0.717) is 0 Å². The maximum atomic E-state index is 5.55. The molecular formula is C12H26O. The first-order chi connectivity index (χ1) is 6.29. The summed E-state index contributed by atoms with van der Waals surface area (Å²) in [7, 11) is 0. The summed E-state index contributed by atoms with van der Waals surface area (Å²) < 4.78 is 5.55. The first-order valence-corrected chi connectivity index (χ1v) is 5.87. The normalized spacial score (nSPS) is 33.5. The van der Waals surface area contributed by atoms with Crippen LogP contribution in [0.4, 0.5) is 0 Å². The molecule has 2 unspecified atom stereocenters. The van der Waals surface area contributed by atoms with Crippen LogP contribution in [-0.4, -0.2) is 13.2 Å². The summed E-state index contributed by atoms with van der Waals surface area (Å²) in [6.45, 7) is 12.9. The molecule has 2 atom stereocenters. The van der Waals surface area contributed by atoms with Gasteiger partial charge in [0.2, 0.25) is 0 Å². The molecule has 0 saturated carbocycles. The quantitative estimate of drug-likeness (QED) is 0.638. The number of ether oxygens (including phenoxy) is 1. The minimum absolute atomic E-state index is 0.814. The highest BCUT2D eigenvalue weighted by Crippen LogP contribution is 2.30. The molecule has 1 aliphatic heterocycles. The van der Waals surface area contributed by atoms with E-state index in [1.165, 1.54) is 12.8 Å². The standard InChI is InChI=1S/C10H20O.C2H6/c1-4-9-6-11-7-10(5-2)8(9)3;1-2/h8-10H,4-7H2,1-3H3;1-2H3. The molecule has 1 fully saturated rings. The van der Waals surface area contributed by atoms with Crippen LogP contribution in [0.2, 0.25) is 0 Å². The fourth-order valence-electron chi connectivity index (χ4n) is 2.04. The van der Waals surface area contributed by atoms with E-state index < -0.39 is 0 Å². The van der Waals surface area contributed by atoms with E-state index in [1.807, 2.05) is 13.8 Å². The predicted octanol–water partition coefficient (Wildman–Crippen LogP) is 3.73. The molecule has 0 radical (unpaired) electrons. The topological polar surface area (TPSA) is 9.23 Å². The van der Waals surface area contributed by atoms with Crippen molar-refractivity contribution >= 4 is 0 Å². The lowest BCUT2D eigenvalue weighted by Gasteiger charge is -2.34. The van der Waals surface area contributed by atoms with Gasteiger partial charge >= 0.3 is 0 Å². The third-order valence-corrected chi connectivity index (χ3v) is 3.20. The van der Waals surface area contributed by atoms with Crippen LogP contribution in [0.15, 0.2) is 0 Å². The molecule has 0 bridgehead atoms. The predicted molar refractivity (Wildman–Crippen MR) is 58.9 cm³/mol. The smallest absolute Gasteiger partial charge is 0.0496 e. The number of hydrogen-bond donors (Lipinski definition) is 0. The van der Waals surface area contributed by atoms with E-state index in [-0.39, 0.29) is 0 Å². The average molecular weight is 186 g/mol. The molecule has 0 amide bonds. The highest BCUT2D eigenvalue weighted by Gasteiger charge is 2.27. The van der Waals surface area contributed by atoms with Crippen molar-refractivity contribution in [2.45, 2.75) is 47.5 Å². The highest BCUT2D eigenvalue weighted by atomic mass is 16.5. The molecule has 80 valence electrons. The molecule has 0 aliphatic carbocycles. The summed E-state index contributed by atoms with van der Waals surface area (Å²) in [5.74, 6) is 2.50. The van der Waals surface area contributed by atoms with Gasteiger partial charge in [0, 0.05) is 13.2 Å². The van der Waals surface area contributed by atoms with Gasteiger partial charge in [-0.05, 0) is 17.8 Å². The van der Waals surface area contributed by atoms with Gasteiger partial charge in [-0.15, -0.1) is 0 Å². The fourth-order valence-corrected chi connectivity index (χ4v) is 2.04. The highest BCUT2D eigenvalue weighted by molar-refractivity contribution is 4.75. The molecule has 1 saturated heterocycles. The minimum atomic E-state index is 0.814. The van der Waals surface area contributed by atoms with Crippen molar-refractivity contribution in [3.8, 4) is 0 Å². The summed E-state index contributed by atoms with van der Waals surface area (Å²) in [4.78, 5) is 0. The van der Waals surface area contributed by atoms with Crippen LogP contribution in [0.1, 0.15) is 47.5 Å². The molecular weight excluding hydrogens is 160 g/mol. The molecule has 0 aromatic carbocycles. The zero-order valence-electron chi connectivity index (χ0n) is 9.97. The molecule has 0 aromatic heterocycles. The van der Waals surface area contributed by atoms with Crippen LogP contribution in [-0.2, 0) is 4.74 Å². The first-order valence-electron chi connectivity index (χ1n) is 5.87. The first kappa shape index (κ1) is 13.0. The lowest BCUT2D eigenvalue weighted by Crippen LogP contribution is -2.33. The summed E-state index contributed by atoms with van der Waals surface area (Å²) in [6.07, 6.45) is 2.55. The van der Waals surface area contributed by atoms with Crippen LogP contribution < -0.4 is 0 Å². The van der Waals surface area contributed by atoms with Gasteiger partial charge in [-0.25, -0.2) is 0 Å². The molecule has 0 spiro atoms. The third kappa shape index (κ3) is 3.68. The molecule has 1 aliphatic rings. The Labute approximate surface area is 83.9 Å². The van der Waals surface area contributed by atoms with Crippen LogP contribution >= 0.6 is 0 Å².